The highest BCUT2D eigenvalue weighted by Gasteiger charge is 1.93. The Hall–Kier alpha value is -0.495. The van der Waals surface area contributed by atoms with Crippen LogP contribution in [0.15, 0.2) is 18.2 Å². The Morgan fingerprint density at radius 2 is 2.11 bits per heavy atom. The largest absolute Gasteiger partial charge is 0.208 e. The molecule has 1 rings (SSSR count). The SMILES string of the molecule is [B]c1cc(Cl)ccc1F. The van der Waals surface area contributed by atoms with Crippen LogP contribution < -0.4 is 5.46 Å². The van der Waals surface area contributed by atoms with E-state index in [1.54, 1.807) is 0 Å². The van der Waals surface area contributed by atoms with E-state index >= 15 is 0 Å². The van der Waals surface area contributed by atoms with E-state index in [1.165, 1.54) is 18.2 Å². The maximum absolute atomic E-state index is 12.3. The average Bonchev–Trinajstić information content (AvgIpc) is 1.80. The van der Waals surface area contributed by atoms with Gasteiger partial charge in [-0.25, -0.2) is 4.39 Å². The van der Waals surface area contributed by atoms with Crippen molar-refractivity contribution in [2.24, 2.45) is 0 Å². The first kappa shape index (κ1) is 6.62. The maximum Gasteiger partial charge on any atom is 0.117 e. The fourth-order valence-electron chi connectivity index (χ4n) is 0.515. The van der Waals surface area contributed by atoms with Gasteiger partial charge in [-0.2, -0.15) is 0 Å². The van der Waals surface area contributed by atoms with Crippen molar-refractivity contribution in [3.05, 3.63) is 29.0 Å². The molecule has 0 heterocycles. The number of rotatable bonds is 0. The van der Waals surface area contributed by atoms with Crippen LogP contribution in [0.1, 0.15) is 0 Å². The molecule has 0 N–H and O–H groups in total. The minimum absolute atomic E-state index is 0.0856. The highest BCUT2D eigenvalue weighted by atomic mass is 35.5. The fraction of sp³-hybridized carbons (Fsp3) is 0. The number of halogens is 2. The summed E-state index contributed by atoms with van der Waals surface area (Å²) in [4.78, 5) is 0. The van der Waals surface area contributed by atoms with E-state index in [0.717, 1.165) is 0 Å². The van der Waals surface area contributed by atoms with Crippen molar-refractivity contribution in [2.45, 2.75) is 0 Å². The van der Waals surface area contributed by atoms with Gasteiger partial charge < -0.3 is 0 Å². The van der Waals surface area contributed by atoms with E-state index in [4.69, 9.17) is 19.4 Å². The maximum atomic E-state index is 12.3. The summed E-state index contributed by atoms with van der Waals surface area (Å²) in [7, 11) is 5.16. The van der Waals surface area contributed by atoms with Crippen LogP contribution in [0.2, 0.25) is 5.02 Å². The summed E-state index contributed by atoms with van der Waals surface area (Å²) >= 11 is 5.47. The summed E-state index contributed by atoms with van der Waals surface area (Å²) in [5, 5.41) is 0.453. The van der Waals surface area contributed by atoms with Gasteiger partial charge in [0.25, 0.3) is 0 Å². The van der Waals surface area contributed by atoms with Crippen LogP contribution >= 0.6 is 11.6 Å². The molecule has 0 spiro atoms. The van der Waals surface area contributed by atoms with Crippen molar-refractivity contribution in [3.8, 4) is 0 Å². The smallest absolute Gasteiger partial charge is 0.117 e. The minimum Gasteiger partial charge on any atom is -0.208 e. The molecule has 3 heteroatoms. The minimum atomic E-state index is -0.431. The summed E-state index contributed by atoms with van der Waals surface area (Å²) in [6, 6.07) is 4.06. The Labute approximate surface area is 59.1 Å². The molecule has 0 unspecified atom stereocenters. The standard InChI is InChI=1S/C6H3BClF/c7-5-3-4(8)1-2-6(5)9/h1-3H. The van der Waals surface area contributed by atoms with Gasteiger partial charge in [0, 0.05) is 5.02 Å². The van der Waals surface area contributed by atoms with Gasteiger partial charge in [0.05, 0.1) is 0 Å². The van der Waals surface area contributed by atoms with E-state index < -0.39 is 5.82 Å². The third-order valence-corrected chi connectivity index (χ3v) is 1.19. The fourth-order valence-corrected chi connectivity index (χ4v) is 0.695. The van der Waals surface area contributed by atoms with E-state index in [9.17, 15) is 4.39 Å². The summed E-state index contributed by atoms with van der Waals surface area (Å²) in [6.45, 7) is 0. The lowest BCUT2D eigenvalue weighted by Crippen LogP contribution is -2.06. The summed E-state index contributed by atoms with van der Waals surface area (Å²) in [6.07, 6.45) is 0. The van der Waals surface area contributed by atoms with Crippen LogP contribution in [0.3, 0.4) is 0 Å². The second-order valence-corrected chi connectivity index (χ2v) is 2.10. The number of benzene rings is 1. The topological polar surface area (TPSA) is 0 Å². The monoisotopic (exact) mass is 140 g/mol. The first-order valence-corrected chi connectivity index (χ1v) is 2.78. The third-order valence-electron chi connectivity index (χ3n) is 0.958. The normalized spacial score (nSPS) is 9.56. The van der Waals surface area contributed by atoms with Crippen molar-refractivity contribution >= 4 is 24.9 Å². The molecule has 0 fully saturated rings. The molecule has 0 saturated carbocycles. The van der Waals surface area contributed by atoms with Crippen molar-refractivity contribution in [1.82, 2.24) is 0 Å². The van der Waals surface area contributed by atoms with Gasteiger partial charge in [-0.05, 0) is 18.2 Å². The first-order chi connectivity index (χ1) is 4.20. The summed E-state index contributed by atoms with van der Waals surface area (Å²) < 4.78 is 12.3. The molecular weight excluding hydrogens is 137 g/mol. The van der Waals surface area contributed by atoms with Gasteiger partial charge in [0.15, 0.2) is 0 Å². The van der Waals surface area contributed by atoms with Crippen LogP contribution in [0.5, 0.6) is 0 Å². The van der Waals surface area contributed by atoms with Crippen molar-refractivity contribution < 1.29 is 4.39 Å². The molecule has 2 radical (unpaired) electrons. The van der Waals surface area contributed by atoms with Crippen LogP contribution in [0.25, 0.3) is 0 Å². The van der Waals surface area contributed by atoms with E-state index in [2.05, 4.69) is 0 Å². The molecular formula is C6H3BClF. The van der Waals surface area contributed by atoms with Gasteiger partial charge in [-0.15, -0.1) is 0 Å². The lowest BCUT2D eigenvalue weighted by atomic mass is 9.96. The van der Waals surface area contributed by atoms with E-state index in [-0.39, 0.29) is 5.46 Å². The zero-order valence-electron chi connectivity index (χ0n) is 4.57. The van der Waals surface area contributed by atoms with Gasteiger partial charge >= 0.3 is 0 Å². The highest BCUT2D eigenvalue weighted by molar-refractivity contribution is 6.36. The van der Waals surface area contributed by atoms with Gasteiger partial charge in [0.2, 0.25) is 0 Å². The van der Waals surface area contributed by atoms with Gasteiger partial charge in [-0.1, -0.05) is 17.1 Å². The molecule has 0 bridgehead atoms. The zero-order chi connectivity index (χ0) is 6.85. The van der Waals surface area contributed by atoms with Crippen molar-refractivity contribution in [2.75, 3.05) is 0 Å². The molecule has 0 aliphatic rings. The number of hydrogen-bond acceptors (Lipinski definition) is 0. The highest BCUT2D eigenvalue weighted by Crippen LogP contribution is 2.05. The Morgan fingerprint density at radius 3 is 2.56 bits per heavy atom. The second-order valence-electron chi connectivity index (χ2n) is 1.67. The third kappa shape index (κ3) is 1.45. The molecule has 0 aliphatic carbocycles. The molecule has 0 nitrogen and oxygen atoms in total. The molecule has 0 saturated heterocycles. The Balaban J connectivity index is 3.17. The van der Waals surface area contributed by atoms with Gasteiger partial charge in [-0.3, -0.25) is 0 Å². The predicted molar refractivity (Wildman–Crippen MR) is 36.8 cm³/mol. The van der Waals surface area contributed by atoms with E-state index in [1.807, 2.05) is 0 Å². The molecule has 0 amide bonds. The van der Waals surface area contributed by atoms with Crippen LogP contribution in [0.4, 0.5) is 4.39 Å². The zero-order valence-corrected chi connectivity index (χ0v) is 5.32. The number of hydrogen-bond donors (Lipinski definition) is 0. The van der Waals surface area contributed by atoms with Crippen LogP contribution in [0, 0.1) is 5.82 Å². The molecule has 9 heavy (non-hydrogen) atoms. The predicted octanol–water partition coefficient (Wildman–Crippen LogP) is 1.27. The Kier molecular flexibility index (Phi) is 1.77. The Bertz CT molecular complexity index is 224. The van der Waals surface area contributed by atoms with E-state index in [0.29, 0.717) is 5.02 Å². The molecule has 0 aromatic heterocycles. The van der Waals surface area contributed by atoms with Crippen molar-refractivity contribution in [1.29, 1.82) is 0 Å². The Morgan fingerprint density at radius 1 is 1.44 bits per heavy atom. The lowest BCUT2D eigenvalue weighted by Gasteiger charge is -1.93. The summed E-state index contributed by atoms with van der Waals surface area (Å²) in [5.74, 6) is -0.431. The molecule has 0 atom stereocenters. The first-order valence-electron chi connectivity index (χ1n) is 2.40. The quantitative estimate of drug-likeness (QED) is 0.476. The second kappa shape index (κ2) is 2.40. The molecule has 1 aromatic carbocycles. The molecule has 0 aliphatic heterocycles. The average molecular weight is 140 g/mol. The van der Waals surface area contributed by atoms with Crippen LogP contribution in [-0.2, 0) is 0 Å². The van der Waals surface area contributed by atoms with Crippen molar-refractivity contribution in [3.63, 3.8) is 0 Å². The molecule has 1 aromatic rings. The molecule has 44 valence electrons. The summed E-state index contributed by atoms with van der Waals surface area (Å²) in [5.41, 5.74) is 0.0856. The lowest BCUT2D eigenvalue weighted by molar-refractivity contribution is 0.636. The van der Waals surface area contributed by atoms with Crippen LogP contribution in [-0.4, -0.2) is 7.85 Å². The van der Waals surface area contributed by atoms with Gasteiger partial charge in [0.1, 0.15) is 13.7 Å².